The average Bonchev–Trinajstić information content (AvgIpc) is 2.68. The van der Waals surface area contributed by atoms with Crippen LogP contribution in [-0.2, 0) is 4.79 Å². The van der Waals surface area contributed by atoms with Gasteiger partial charge in [0.05, 0.1) is 20.8 Å². The minimum absolute atomic E-state index is 0.138. The van der Waals surface area contributed by atoms with Crippen LogP contribution in [0, 0.1) is 11.8 Å². The molecule has 146 valence electrons. The highest BCUT2D eigenvalue weighted by atomic mass is 16.5. The minimum atomic E-state index is 0.138. The van der Waals surface area contributed by atoms with Crippen LogP contribution in [0.1, 0.15) is 32.6 Å². The molecule has 6 heteroatoms. The predicted octanol–water partition coefficient (Wildman–Crippen LogP) is 2.61. The van der Waals surface area contributed by atoms with E-state index in [1.807, 2.05) is 12.1 Å². The van der Waals surface area contributed by atoms with E-state index in [9.17, 15) is 4.79 Å². The molecule has 1 aliphatic rings. The van der Waals surface area contributed by atoms with E-state index in [1.165, 1.54) is 12.8 Å². The highest BCUT2D eigenvalue weighted by Crippen LogP contribution is 2.27. The highest BCUT2D eigenvalue weighted by molar-refractivity contribution is 5.76. The summed E-state index contributed by atoms with van der Waals surface area (Å²) in [4.78, 5) is 12.1. The van der Waals surface area contributed by atoms with E-state index in [2.05, 4.69) is 17.6 Å². The molecule has 0 bridgehead atoms. The quantitative estimate of drug-likeness (QED) is 0.625. The van der Waals surface area contributed by atoms with Crippen molar-refractivity contribution in [3.8, 4) is 17.2 Å². The zero-order valence-corrected chi connectivity index (χ0v) is 16.2. The average molecular weight is 364 g/mol. The largest absolute Gasteiger partial charge is 0.496 e. The molecule has 1 saturated heterocycles. The number of carbonyl (C=O) groups excluding carboxylic acids is 1. The van der Waals surface area contributed by atoms with Gasteiger partial charge in [0.25, 0.3) is 0 Å². The normalized spacial score (nSPS) is 16.0. The van der Waals surface area contributed by atoms with Crippen molar-refractivity contribution in [2.75, 3.05) is 40.5 Å². The predicted molar refractivity (Wildman–Crippen MR) is 102 cm³/mol. The van der Waals surface area contributed by atoms with E-state index in [1.54, 1.807) is 20.3 Å². The summed E-state index contributed by atoms with van der Waals surface area (Å²) in [6, 6.07) is 5.44. The molecule has 1 fully saturated rings. The zero-order chi connectivity index (χ0) is 18.8. The van der Waals surface area contributed by atoms with Crippen LogP contribution in [0.25, 0.3) is 0 Å². The maximum atomic E-state index is 12.1. The third-order valence-corrected chi connectivity index (χ3v) is 4.93. The van der Waals surface area contributed by atoms with Crippen LogP contribution in [0.4, 0.5) is 0 Å². The van der Waals surface area contributed by atoms with Crippen molar-refractivity contribution in [3.63, 3.8) is 0 Å². The number of rotatable bonds is 10. The molecule has 0 aromatic heterocycles. The number of benzene rings is 1. The van der Waals surface area contributed by atoms with Gasteiger partial charge in [-0.2, -0.15) is 0 Å². The van der Waals surface area contributed by atoms with E-state index in [-0.39, 0.29) is 5.91 Å². The first-order chi connectivity index (χ1) is 12.6. The van der Waals surface area contributed by atoms with E-state index in [4.69, 9.17) is 14.2 Å². The topological polar surface area (TPSA) is 68.8 Å². The molecule has 1 unspecified atom stereocenters. The fraction of sp³-hybridized carbons (Fsp3) is 0.650. The Labute approximate surface area is 156 Å². The second-order valence-electron chi connectivity index (χ2n) is 6.87. The lowest BCUT2D eigenvalue weighted by Gasteiger charge is -2.27. The van der Waals surface area contributed by atoms with Gasteiger partial charge in [0, 0.05) is 31.2 Å². The summed E-state index contributed by atoms with van der Waals surface area (Å²) in [5.41, 5.74) is 0. The monoisotopic (exact) mass is 364 g/mol. The molecule has 0 spiro atoms. The fourth-order valence-electron chi connectivity index (χ4n) is 3.30. The van der Waals surface area contributed by atoms with E-state index < -0.39 is 0 Å². The van der Waals surface area contributed by atoms with Crippen molar-refractivity contribution < 1.29 is 19.0 Å². The molecular weight excluding hydrogens is 332 g/mol. The van der Waals surface area contributed by atoms with Crippen LogP contribution in [0.5, 0.6) is 17.2 Å². The van der Waals surface area contributed by atoms with Gasteiger partial charge >= 0.3 is 0 Å². The van der Waals surface area contributed by atoms with Gasteiger partial charge in [-0.1, -0.05) is 6.92 Å². The number of ether oxygens (including phenoxy) is 3. The third kappa shape index (κ3) is 6.75. The van der Waals surface area contributed by atoms with Crippen LogP contribution >= 0.6 is 0 Å². The Balaban J connectivity index is 1.63. The summed E-state index contributed by atoms with van der Waals surface area (Å²) in [5.74, 6) is 3.33. The fourth-order valence-corrected chi connectivity index (χ4v) is 3.30. The van der Waals surface area contributed by atoms with Crippen molar-refractivity contribution in [2.45, 2.75) is 32.6 Å². The molecule has 1 aliphatic heterocycles. The molecule has 0 saturated carbocycles. The summed E-state index contributed by atoms with van der Waals surface area (Å²) in [6.07, 6.45) is 3.71. The van der Waals surface area contributed by atoms with Crippen LogP contribution in [-0.4, -0.2) is 46.4 Å². The Morgan fingerprint density at radius 1 is 1.15 bits per heavy atom. The lowest BCUT2D eigenvalue weighted by atomic mass is 9.84. The summed E-state index contributed by atoms with van der Waals surface area (Å²) in [7, 11) is 3.22. The Hall–Kier alpha value is -1.95. The van der Waals surface area contributed by atoms with Crippen LogP contribution in [0.15, 0.2) is 18.2 Å². The second-order valence-corrected chi connectivity index (χ2v) is 6.87. The van der Waals surface area contributed by atoms with Gasteiger partial charge in [-0.25, -0.2) is 0 Å². The van der Waals surface area contributed by atoms with Crippen LogP contribution < -0.4 is 24.8 Å². The molecule has 1 aromatic carbocycles. The van der Waals surface area contributed by atoms with Gasteiger partial charge in [0.1, 0.15) is 17.2 Å². The number of carbonyl (C=O) groups is 1. The number of hydrogen-bond acceptors (Lipinski definition) is 5. The Morgan fingerprint density at radius 3 is 2.38 bits per heavy atom. The van der Waals surface area contributed by atoms with Crippen LogP contribution in [0.3, 0.4) is 0 Å². The first-order valence-corrected chi connectivity index (χ1v) is 9.45. The van der Waals surface area contributed by atoms with Crippen molar-refractivity contribution in [1.29, 1.82) is 0 Å². The van der Waals surface area contributed by atoms with Gasteiger partial charge in [-0.15, -0.1) is 0 Å². The van der Waals surface area contributed by atoms with Crippen molar-refractivity contribution in [1.82, 2.24) is 10.6 Å². The van der Waals surface area contributed by atoms with Crippen molar-refractivity contribution in [3.05, 3.63) is 18.2 Å². The van der Waals surface area contributed by atoms with Gasteiger partial charge in [-0.05, 0) is 44.2 Å². The van der Waals surface area contributed by atoms with Crippen LogP contribution in [0.2, 0.25) is 0 Å². The molecule has 0 radical (unpaired) electrons. The lowest BCUT2D eigenvalue weighted by Crippen LogP contribution is -2.33. The van der Waals surface area contributed by atoms with Gasteiger partial charge in [0.15, 0.2) is 0 Å². The molecule has 1 atom stereocenters. The maximum absolute atomic E-state index is 12.1. The summed E-state index contributed by atoms with van der Waals surface area (Å²) in [5, 5.41) is 6.37. The van der Waals surface area contributed by atoms with Gasteiger partial charge in [-0.3, -0.25) is 4.79 Å². The minimum Gasteiger partial charge on any atom is -0.496 e. The number of amides is 1. The maximum Gasteiger partial charge on any atom is 0.220 e. The third-order valence-electron chi connectivity index (χ3n) is 4.93. The molecule has 0 aliphatic carbocycles. The first-order valence-electron chi connectivity index (χ1n) is 9.45. The van der Waals surface area contributed by atoms with Gasteiger partial charge in [0.2, 0.25) is 5.91 Å². The van der Waals surface area contributed by atoms with E-state index >= 15 is 0 Å². The standard InChI is InChI=1S/C20H32N2O4/c1-15(16-5-8-21-9-6-16)11-20(23)22-7-4-10-26-19-13-17(24-2)12-18(14-19)25-3/h12-16,21H,4-11H2,1-3H3,(H,22,23). The SMILES string of the molecule is COc1cc(OC)cc(OCCCNC(=O)CC(C)C2CCNCC2)c1. The summed E-state index contributed by atoms with van der Waals surface area (Å²) >= 11 is 0. The molecule has 2 rings (SSSR count). The van der Waals surface area contributed by atoms with E-state index in [0.717, 1.165) is 19.5 Å². The first kappa shape index (κ1) is 20.4. The molecule has 1 aromatic rings. The Morgan fingerprint density at radius 2 is 1.77 bits per heavy atom. The highest BCUT2D eigenvalue weighted by Gasteiger charge is 2.21. The lowest BCUT2D eigenvalue weighted by molar-refractivity contribution is -0.122. The summed E-state index contributed by atoms with van der Waals surface area (Å²) in [6.45, 7) is 5.49. The van der Waals surface area contributed by atoms with Crippen molar-refractivity contribution in [2.24, 2.45) is 11.8 Å². The molecule has 1 heterocycles. The molecule has 6 nitrogen and oxygen atoms in total. The van der Waals surface area contributed by atoms with E-state index in [0.29, 0.717) is 48.7 Å². The number of methoxy groups -OCH3 is 2. The zero-order valence-electron chi connectivity index (χ0n) is 16.2. The van der Waals surface area contributed by atoms with Gasteiger partial charge < -0.3 is 24.8 Å². The smallest absolute Gasteiger partial charge is 0.220 e. The second kappa shape index (κ2) is 10.9. The summed E-state index contributed by atoms with van der Waals surface area (Å²) < 4.78 is 16.2. The van der Waals surface area contributed by atoms with Crippen molar-refractivity contribution >= 4 is 5.91 Å². The molecule has 26 heavy (non-hydrogen) atoms. The number of hydrogen-bond donors (Lipinski definition) is 2. The number of piperidine rings is 1. The molecule has 2 N–H and O–H groups in total. The molecular formula is C20H32N2O4. The Kier molecular flexibility index (Phi) is 8.54. The number of nitrogens with one attached hydrogen (secondary N) is 2. The molecule has 1 amide bonds. The Bertz CT molecular complexity index is 536.